The zero-order valence-corrected chi connectivity index (χ0v) is 14.6. The lowest BCUT2D eigenvalue weighted by Crippen LogP contribution is -2.33. The monoisotopic (exact) mass is 363 g/mol. The van der Waals surface area contributed by atoms with Crippen LogP contribution in [0.15, 0.2) is 48.5 Å². The van der Waals surface area contributed by atoms with Gasteiger partial charge < -0.3 is 5.32 Å². The molecule has 1 aliphatic rings. The summed E-state index contributed by atoms with van der Waals surface area (Å²) in [4.78, 5) is 12.2. The fourth-order valence-electron chi connectivity index (χ4n) is 2.87. The van der Waals surface area contributed by atoms with Crippen molar-refractivity contribution >= 4 is 29.1 Å². The summed E-state index contributed by atoms with van der Waals surface area (Å²) >= 11 is 12.0. The van der Waals surface area contributed by atoms with Gasteiger partial charge in [-0.3, -0.25) is 10.2 Å². The second-order valence-electron chi connectivity index (χ2n) is 5.89. The molecule has 2 atom stereocenters. The van der Waals surface area contributed by atoms with Crippen LogP contribution in [0.1, 0.15) is 17.2 Å². The molecule has 1 saturated heterocycles. The minimum Gasteiger partial charge on any atom is -0.355 e. The Morgan fingerprint density at radius 2 is 1.88 bits per heavy atom. The first kappa shape index (κ1) is 17.2. The number of nitrogens with one attached hydrogen (secondary N) is 3. The van der Waals surface area contributed by atoms with Gasteiger partial charge in [0, 0.05) is 29.1 Å². The zero-order chi connectivity index (χ0) is 16.9. The molecule has 1 fully saturated rings. The van der Waals surface area contributed by atoms with Gasteiger partial charge in [0.1, 0.15) is 0 Å². The van der Waals surface area contributed by atoms with Crippen molar-refractivity contribution in [1.82, 2.24) is 16.2 Å². The van der Waals surface area contributed by atoms with Gasteiger partial charge in [-0.05, 0) is 29.3 Å². The van der Waals surface area contributed by atoms with E-state index in [4.69, 9.17) is 23.2 Å². The van der Waals surface area contributed by atoms with Gasteiger partial charge in [0.25, 0.3) is 0 Å². The summed E-state index contributed by atoms with van der Waals surface area (Å²) in [5.41, 5.74) is 8.41. The van der Waals surface area contributed by atoms with Crippen LogP contribution in [0.5, 0.6) is 0 Å². The highest BCUT2D eigenvalue weighted by molar-refractivity contribution is 6.31. The minimum absolute atomic E-state index is 0.0233. The van der Waals surface area contributed by atoms with Crippen molar-refractivity contribution in [2.75, 3.05) is 13.1 Å². The molecule has 6 heteroatoms. The highest BCUT2D eigenvalue weighted by atomic mass is 35.5. The molecule has 0 spiro atoms. The Morgan fingerprint density at radius 3 is 2.62 bits per heavy atom. The average Bonchev–Trinajstić information content (AvgIpc) is 3.04. The van der Waals surface area contributed by atoms with Gasteiger partial charge in [-0.15, -0.1) is 0 Å². The van der Waals surface area contributed by atoms with Crippen molar-refractivity contribution in [1.29, 1.82) is 0 Å². The van der Waals surface area contributed by atoms with Crippen LogP contribution in [0.2, 0.25) is 10.0 Å². The largest absolute Gasteiger partial charge is 0.355 e. The Morgan fingerprint density at radius 1 is 1.12 bits per heavy atom. The van der Waals surface area contributed by atoms with Crippen LogP contribution in [-0.4, -0.2) is 19.0 Å². The molecule has 1 heterocycles. The topological polar surface area (TPSA) is 53.2 Å². The molecule has 2 unspecified atom stereocenters. The van der Waals surface area contributed by atoms with Gasteiger partial charge in [-0.1, -0.05) is 53.5 Å². The summed E-state index contributed by atoms with van der Waals surface area (Å²) in [5.74, 6) is 0.242. The van der Waals surface area contributed by atoms with Crippen molar-refractivity contribution in [2.24, 2.45) is 5.92 Å². The average molecular weight is 364 g/mol. The minimum atomic E-state index is -0.0233. The van der Waals surface area contributed by atoms with Gasteiger partial charge >= 0.3 is 0 Å². The number of hydrogen-bond donors (Lipinski definition) is 3. The molecule has 2 aromatic rings. The number of benzene rings is 2. The molecule has 24 heavy (non-hydrogen) atoms. The molecule has 126 valence electrons. The molecule has 0 bridgehead atoms. The smallest absolute Gasteiger partial charge is 0.224 e. The summed E-state index contributed by atoms with van der Waals surface area (Å²) in [5, 5.41) is 4.35. The quantitative estimate of drug-likeness (QED) is 0.764. The Bertz CT molecular complexity index is 706. The third kappa shape index (κ3) is 4.28. The molecule has 3 rings (SSSR count). The maximum Gasteiger partial charge on any atom is 0.224 e. The lowest BCUT2D eigenvalue weighted by Gasteiger charge is -2.19. The number of rotatable bonds is 5. The fourth-order valence-corrected chi connectivity index (χ4v) is 3.20. The Balaban J connectivity index is 1.56. The lowest BCUT2D eigenvalue weighted by atomic mass is 9.95. The van der Waals surface area contributed by atoms with Crippen LogP contribution in [0, 0.1) is 5.92 Å². The predicted octanol–water partition coefficient (Wildman–Crippen LogP) is 3.12. The van der Waals surface area contributed by atoms with Crippen LogP contribution in [0.4, 0.5) is 0 Å². The number of amides is 1. The zero-order valence-electron chi connectivity index (χ0n) is 13.1. The Hall–Kier alpha value is -1.59. The molecule has 0 aromatic heterocycles. The normalized spacial score (nSPS) is 20.1. The maximum absolute atomic E-state index is 12.2. The van der Waals surface area contributed by atoms with Crippen molar-refractivity contribution in [3.63, 3.8) is 0 Å². The van der Waals surface area contributed by atoms with Crippen LogP contribution in [0.25, 0.3) is 0 Å². The van der Waals surface area contributed by atoms with E-state index in [0.717, 1.165) is 17.7 Å². The van der Waals surface area contributed by atoms with E-state index < -0.39 is 0 Å². The second-order valence-corrected chi connectivity index (χ2v) is 6.73. The lowest BCUT2D eigenvalue weighted by molar-refractivity contribution is -0.120. The highest BCUT2D eigenvalue weighted by Crippen LogP contribution is 2.25. The van der Waals surface area contributed by atoms with Crippen LogP contribution < -0.4 is 16.2 Å². The third-order valence-corrected chi connectivity index (χ3v) is 4.81. The molecule has 1 aliphatic heterocycles. The van der Waals surface area contributed by atoms with E-state index in [1.165, 1.54) is 0 Å². The molecule has 1 amide bonds. The first-order valence-electron chi connectivity index (χ1n) is 7.87. The van der Waals surface area contributed by atoms with Crippen LogP contribution in [0.3, 0.4) is 0 Å². The van der Waals surface area contributed by atoms with E-state index in [9.17, 15) is 4.79 Å². The molecule has 4 nitrogen and oxygen atoms in total. The van der Waals surface area contributed by atoms with Gasteiger partial charge in [0.2, 0.25) is 5.91 Å². The molecule has 2 aromatic carbocycles. The standard InChI is InChI=1S/C18H19Cl2N3O/c19-15-7-5-12(6-8-15)18-14(11-22-23-18)10-21-17(24)9-13-3-1-2-4-16(13)20/h1-8,14,18,22-23H,9-11H2,(H,21,24). The molecular weight excluding hydrogens is 345 g/mol. The SMILES string of the molecule is O=C(Cc1ccccc1Cl)NCC1CNNC1c1ccc(Cl)cc1. The van der Waals surface area contributed by atoms with Crippen molar-refractivity contribution in [2.45, 2.75) is 12.5 Å². The molecule has 0 radical (unpaired) electrons. The van der Waals surface area contributed by atoms with E-state index in [0.29, 0.717) is 23.0 Å². The number of carbonyl (C=O) groups is 1. The summed E-state index contributed by atoms with van der Waals surface area (Å²) in [7, 11) is 0. The summed E-state index contributed by atoms with van der Waals surface area (Å²) < 4.78 is 0. The highest BCUT2D eigenvalue weighted by Gasteiger charge is 2.28. The maximum atomic E-state index is 12.2. The predicted molar refractivity (Wildman–Crippen MR) is 97.0 cm³/mol. The van der Waals surface area contributed by atoms with Gasteiger partial charge in [0.05, 0.1) is 12.5 Å². The van der Waals surface area contributed by atoms with Crippen LogP contribution in [-0.2, 0) is 11.2 Å². The third-order valence-electron chi connectivity index (χ3n) is 4.19. The fraction of sp³-hybridized carbons (Fsp3) is 0.278. The van der Waals surface area contributed by atoms with Crippen LogP contribution >= 0.6 is 23.2 Å². The molecule has 3 N–H and O–H groups in total. The van der Waals surface area contributed by atoms with Gasteiger partial charge in [-0.2, -0.15) is 0 Å². The van der Waals surface area contributed by atoms with Gasteiger partial charge in [0.15, 0.2) is 0 Å². The number of carbonyl (C=O) groups excluding carboxylic acids is 1. The van der Waals surface area contributed by atoms with E-state index >= 15 is 0 Å². The number of hydrazine groups is 1. The van der Waals surface area contributed by atoms with E-state index in [1.807, 2.05) is 42.5 Å². The second kappa shape index (κ2) is 7.99. The molecular formula is C18H19Cl2N3O. The van der Waals surface area contributed by atoms with Crippen molar-refractivity contribution in [3.05, 3.63) is 69.7 Å². The van der Waals surface area contributed by atoms with E-state index in [1.54, 1.807) is 6.07 Å². The van der Waals surface area contributed by atoms with E-state index in [-0.39, 0.29) is 17.9 Å². The Kier molecular flexibility index (Phi) is 5.74. The van der Waals surface area contributed by atoms with Crippen molar-refractivity contribution < 1.29 is 4.79 Å². The summed E-state index contributed by atoms with van der Waals surface area (Å²) in [6.07, 6.45) is 0.291. The Labute approximate surface area is 151 Å². The first-order chi connectivity index (χ1) is 11.6. The van der Waals surface area contributed by atoms with Gasteiger partial charge in [-0.25, -0.2) is 5.43 Å². The first-order valence-corrected chi connectivity index (χ1v) is 8.63. The van der Waals surface area contributed by atoms with E-state index in [2.05, 4.69) is 16.2 Å². The number of halogens is 2. The molecule has 0 saturated carbocycles. The van der Waals surface area contributed by atoms with Crippen molar-refractivity contribution in [3.8, 4) is 0 Å². The summed E-state index contributed by atoms with van der Waals surface area (Å²) in [6.45, 7) is 1.39. The number of hydrogen-bond acceptors (Lipinski definition) is 3. The summed E-state index contributed by atoms with van der Waals surface area (Å²) in [6, 6.07) is 15.3. The molecule has 0 aliphatic carbocycles.